The average Bonchev–Trinajstić information content (AvgIpc) is 2.67. The zero-order chi connectivity index (χ0) is 15.1. The van der Waals surface area contributed by atoms with Crippen LogP contribution in [0.1, 0.15) is 11.4 Å². The van der Waals surface area contributed by atoms with Crippen molar-refractivity contribution in [2.45, 2.75) is 12.4 Å². The molecule has 2 heterocycles. The maximum atomic E-state index is 12.8. The van der Waals surface area contributed by atoms with Crippen molar-refractivity contribution >= 4 is 0 Å². The van der Waals surface area contributed by atoms with Crippen molar-refractivity contribution in [3.63, 3.8) is 0 Å². The molecule has 20 heavy (non-hydrogen) atoms. The van der Waals surface area contributed by atoms with Crippen molar-refractivity contribution in [1.29, 1.82) is 0 Å². The highest BCUT2D eigenvalue weighted by Crippen LogP contribution is 2.41. The Morgan fingerprint density at radius 1 is 1.00 bits per heavy atom. The third-order valence-electron chi connectivity index (χ3n) is 2.53. The van der Waals surface area contributed by atoms with Gasteiger partial charge in [-0.3, -0.25) is 4.98 Å². The molecule has 108 valence electrons. The zero-order valence-electron chi connectivity index (χ0n) is 9.92. The maximum absolute atomic E-state index is 12.8. The van der Waals surface area contributed by atoms with Gasteiger partial charge in [-0.25, -0.2) is 4.98 Å². The quantitative estimate of drug-likeness (QED) is 0.754. The summed E-state index contributed by atoms with van der Waals surface area (Å²) in [6.45, 7) is 0. The monoisotopic (exact) mass is 295 g/mol. The first-order valence-corrected chi connectivity index (χ1v) is 5.25. The molecular formula is C11H7F6N3. The van der Waals surface area contributed by atoms with Crippen LogP contribution in [0.2, 0.25) is 0 Å². The number of nitrogens with zero attached hydrogens (tertiary/aromatic N) is 3. The van der Waals surface area contributed by atoms with Gasteiger partial charge in [-0.2, -0.15) is 26.3 Å². The molecule has 2 aromatic rings. The van der Waals surface area contributed by atoms with Crippen molar-refractivity contribution in [1.82, 2.24) is 14.5 Å². The molecule has 0 aliphatic carbocycles. The Labute approximate surface area is 108 Å². The molecule has 3 nitrogen and oxygen atoms in total. The summed E-state index contributed by atoms with van der Waals surface area (Å²) in [5.74, 6) is -0.495. The van der Waals surface area contributed by atoms with Gasteiger partial charge >= 0.3 is 12.4 Å². The first kappa shape index (κ1) is 14.4. The minimum atomic E-state index is -5.20. The molecule has 0 spiro atoms. The predicted molar refractivity (Wildman–Crippen MR) is 56.4 cm³/mol. The van der Waals surface area contributed by atoms with Gasteiger partial charge in [0.1, 0.15) is 5.69 Å². The molecule has 2 aromatic heterocycles. The summed E-state index contributed by atoms with van der Waals surface area (Å²) in [6.07, 6.45) is -9.11. The lowest BCUT2D eigenvalue weighted by Gasteiger charge is -2.11. The van der Waals surface area contributed by atoms with E-state index >= 15 is 0 Å². The van der Waals surface area contributed by atoms with Crippen LogP contribution in [0, 0.1) is 0 Å². The Morgan fingerprint density at radius 2 is 1.65 bits per heavy atom. The maximum Gasteiger partial charge on any atom is 0.435 e. The van der Waals surface area contributed by atoms with Crippen LogP contribution in [-0.2, 0) is 19.4 Å². The zero-order valence-corrected chi connectivity index (χ0v) is 9.92. The topological polar surface area (TPSA) is 30.7 Å². The third-order valence-corrected chi connectivity index (χ3v) is 2.53. The van der Waals surface area contributed by atoms with Crippen LogP contribution in [0.25, 0.3) is 11.5 Å². The lowest BCUT2D eigenvalue weighted by atomic mass is 10.3. The minimum absolute atomic E-state index is 0.0731. The van der Waals surface area contributed by atoms with Gasteiger partial charge in [0.25, 0.3) is 0 Å². The van der Waals surface area contributed by atoms with Crippen molar-refractivity contribution < 1.29 is 26.3 Å². The molecule has 0 aromatic carbocycles. The summed E-state index contributed by atoms with van der Waals surface area (Å²) in [5.41, 5.74) is -3.88. The Kier molecular flexibility index (Phi) is 3.23. The second kappa shape index (κ2) is 4.50. The van der Waals surface area contributed by atoms with Crippen LogP contribution < -0.4 is 0 Å². The molecule has 0 aliphatic heterocycles. The lowest BCUT2D eigenvalue weighted by Crippen LogP contribution is -2.18. The fourth-order valence-electron chi connectivity index (χ4n) is 1.74. The van der Waals surface area contributed by atoms with Crippen molar-refractivity contribution in [3.8, 4) is 11.5 Å². The van der Waals surface area contributed by atoms with E-state index in [0.717, 1.165) is 7.05 Å². The fourth-order valence-corrected chi connectivity index (χ4v) is 1.74. The molecule has 0 unspecified atom stereocenters. The largest absolute Gasteiger partial charge is 0.435 e. The molecule has 0 bridgehead atoms. The van der Waals surface area contributed by atoms with Crippen LogP contribution in [0.5, 0.6) is 0 Å². The van der Waals surface area contributed by atoms with Gasteiger partial charge in [-0.15, -0.1) is 0 Å². The number of hydrogen-bond acceptors (Lipinski definition) is 2. The van der Waals surface area contributed by atoms with Gasteiger partial charge in [-0.05, 0) is 12.1 Å². The number of hydrogen-bond donors (Lipinski definition) is 0. The number of imidazole rings is 1. The molecule has 0 amide bonds. The van der Waals surface area contributed by atoms with Crippen molar-refractivity contribution in [2.75, 3.05) is 0 Å². The van der Waals surface area contributed by atoms with Gasteiger partial charge < -0.3 is 4.57 Å². The van der Waals surface area contributed by atoms with E-state index in [-0.39, 0.29) is 5.69 Å². The molecule has 0 saturated carbocycles. The summed E-state index contributed by atoms with van der Waals surface area (Å²) in [4.78, 5) is 6.78. The lowest BCUT2D eigenvalue weighted by molar-refractivity contribution is -0.167. The molecule has 0 saturated heterocycles. The van der Waals surface area contributed by atoms with E-state index in [2.05, 4.69) is 9.97 Å². The smallest absolute Gasteiger partial charge is 0.322 e. The number of alkyl halides is 6. The third kappa shape index (κ3) is 2.47. The normalized spacial score (nSPS) is 12.8. The van der Waals surface area contributed by atoms with Crippen LogP contribution in [-0.4, -0.2) is 14.5 Å². The Balaban J connectivity index is 2.72. The summed E-state index contributed by atoms with van der Waals surface area (Å²) < 4.78 is 76.8. The predicted octanol–water partition coefficient (Wildman–Crippen LogP) is 3.52. The number of halogens is 6. The van der Waals surface area contributed by atoms with Gasteiger partial charge in [0.15, 0.2) is 17.2 Å². The number of aromatic nitrogens is 3. The molecule has 0 atom stereocenters. The molecule has 2 rings (SSSR count). The van der Waals surface area contributed by atoms with E-state index < -0.39 is 29.6 Å². The van der Waals surface area contributed by atoms with Gasteiger partial charge in [0, 0.05) is 13.2 Å². The standard InChI is InChI=1S/C11H7F6N3/c1-20-8(11(15,16)17)7(10(12,13)14)19-9(20)6-4-2-3-5-18-6/h2-5H,1H3. The minimum Gasteiger partial charge on any atom is -0.322 e. The molecular weight excluding hydrogens is 288 g/mol. The van der Waals surface area contributed by atoms with E-state index in [1.165, 1.54) is 24.4 Å². The number of rotatable bonds is 1. The highest BCUT2D eigenvalue weighted by molar-refractivity contribution is 5.52. The Morgan fingerprint density at radius 3 is 2.05 bits per heavy atom. The summed E-state index contributed by atoms with van der Waals surface area (Å²) >= 11 is 0. The number of pyridine rings is 1. The van der Waals surface area contributed by atoms with Crippen LogP contribution >= 0.6 is 0 Å². The first-order chi connectivity index (χ1) is 9.12. The first-order valence-electron chi connectivity index (χ1n) is 5.25. The van der Waals surface area contributed by atoms with Gasteiger partial charge in [-0.1, -0.05) is 6.07 Å². The van der Waals surface area contributed by atoms with E-state index in [9.17, 15) is 26.3 Å². The average molecular weight is 295 g/mol. The van der Waals surface area contributed by atoms with Gasteiger partial charge in [0.05, 0.1) is 0 Å². The van der Waals surface area contributed by atoms with Crippen molar-refractivity contribution in [3.05, 3.63) is 35.8 Å². The molecule has 0 fully saturated rings. The van der Waals surface area contributed by atoms with E-state index in [0.29, 0.717) is 4.57 Å². The Bertz CT molecular complexity index is 612. The highest BCUT2D eigenvalue weighted by atomic mass is 19.4. The molecule has 0 N–H and O–H groups in total. The second-order valence-electron chi connectivity index (χ2n) is 3.90. The van der Waals surface area contributed by atoms with Crippen LogP contribution in [0.4, 0.5) is 26.3 Å². The van der Waals surface area contributed by atoms with E-state index in [1.807, 2.05) is 0 Å². The summed E-state index contributed by atoms with van der Waals surface area (Å²) in [7, 11) is 0.870. The SMILES string of the molecule is Cn1c(-c2ccccn2)nc(C(F)(F)F)c1C(F)(F)F. The second-order valence-corrected chi connectivity index (χ2v) is 3.90. The molecule has 9 heteroatoms. The Hall–Kier alpha value is -2.06. The van der Waals surface area contributed by atoms with Gasteiger partial charge in [0.2, 0.25) is 0 Å². The van der Waals surface area contributed by atoms with E-state index in [1.54, 1.807) is 0 Å². The summed E-state index contributed by atoms with van der Waals surface area (Å²) in [6, 6.07) is 4.21. The van der Waals surface area contributed by atoms with Crippen LogP contribution in [0.3, 0.4) is 0 Å². The highest BCUT2D eigenvalue weighted by Gasteiger charge is 2.48. The fraction of sp³-hybridized carbons (Fsp3) is 0.273. The molecule has 0 aliphatic rings. The molecule has 0 radical (unpaired) electrons. The summed E-state index contributed by atoms with van der Waals surface area (Å²) in [5, 5.41) is 0. The van der Waals surface area contributed by atoms with Crippen molar-refractivity contribution in [2.24, 2.45) is 7.05 Å². The van der Waals surface area contributed by atoms with E-state index in [4.69, 9.17) is 0 Å². The van der Waals surface area contributed by atoms with Crippen LogP contribution in [0.15, 0.2) is 24.4 Å².